The van der Waals surface area contributed by atoms with Crippen molar-refractivity contribution < 1.29 is 9.53 Å². The van der Waals surface area contributed by atoms with Gasteiger partial charge in [0.25, 0.3) is 5.56 Å². The van der Waals surface area contributed by atoms with E-state index >= 15 is 0 Å². The summed E-state index contributed by atoms with van der Waals surface area (Å²) < 4.78 is 7.58. The predicted molar refractivity (Wildman–Crippen MR) is 86.5 cm³/mol. The lowest BCUT2D eigenvalue weighted by Gasteiger charge is -2.33. The highest BCUT2D eigenvalue weighted by Crippen LogP contribution is 2.12. The van der Waals surface area contributed by atoms with Crippen molar-refractivity contribution in [3.63, 3.8) is 0 Å². The zero-order valence-electron chi connectivity index (χ0n) is 13.6. The van der Waals surface area contributed by atoms with Gasteiger partial charge >= 0.3 is 0 Å². The summed E-state index contributed by atoms with van der Waals surface area (Å²) in [6.07, 6.45) is 6.25. The topological polar surface area (TPSA) is 93.1 Å². The van der Waals surface area contributed by atoms with Crippen molar-refractivity contribution in [3.8, 4) is 0 Å². The van der Waals surface area contributed by atoms with E-state index in [0.717, 1.165) is 17.9 Å². The van der Waals surface area contributed by atoms with Crippen molar-refractivity contribution in [2.45, 2.75) is 32.4 Å². The average Bonchev–Trinajstić information content (AvgIpc) is 2.98. The lowest BCUT2D eigenvalue weighted by molar-refractivity contribution is -0.139. The molecule has 1 saturated heterocycles. The molecule has 0 bridgehead atoms. The van der Waals surface area contributed by atoms with Crippen LogP contribution in [0.3, 0.4) is 0 Å². The molecule has 24 heavy (non-hydrogen) atoms. The fraction of sp³-hybridized carbons (Fsp3) is 0.500. The Labute approximate surface area is 139 Å². The second kappa shape index (κ2) is 7.39. The van der Waals surface area contributed by atoms with E-state index in [0.29, 0.717) is 32.7 Å². The van der Waals surface area contributed by atoms with Gasteiger partial charge in [0.15, 0.2) is 0 Å². The van der Waals surface area contributed by atoms with Crippen molar-refractivity contribution in [1.82, 2.24) is 24.4 Å². The van der Waals surface area contributed by atoms with Gasteiger partial charge < -0.3 is 19.2 Å². The maximum Gasteiger partial charge on any atom is 0.250 e. The fourth-order valence-corrected chi connectivity index (χ4v) is 2.79. The monoisotopic (exact) mass is 331 g/mol. The van der Waals surface area contributed by atoms with E-state index in [9.17, 15) is 9.59 Å². The average molecular weight is 331 g/mol. The summed E-state index contributed by atoms with van der Waals surface area (Å²) in [5.41, 5.74) is 0.580. The van der Waals surface area contributed by atoms with Crippen LogP contribution in [0.5, 0.6) is 0 Å². The van der Waals surface area contributed by atoms with Gasteiger partial charge in [-0.25, -0.2) is 9.97 Å². The fourth-order valence-electron chi connectivity index (χ4n) is 2.79. The number of aromatic amines is 1. The molecule has 1 aliphatic heterocycles. The van der Waals surface area contributed by atoms with Crippen molar-refractivity contribution in [1.29, 1.82) is 0 Å². The standard InChI is InChI=1S/C16H21N5O3/c1-12-17-4-5-20(12)10-16(23)21-6-7-24-14(9-21)3-2-13-8-15(22)19-11-18-13/h4-5,8,11,14H,2-3,6-7,9-10H2,1H3,(H,18,19,22). The van der Waals surface area contributed by atoms with Crippen molar-refractivity contribution >= 4 is 5.91 Å². The van der Waals surface area contributed by atoms with Crippen LogP contribution >= 0.6 is 0 Å². The van der Waals surface area contributed by atoms with Gasteiger partial charge in [-0.15, -0.1) is 0 Å². The summed E-state index contributed by atoms with van der Waals surface area (Å²) in [6.45, 7) is 3.88. The number of hydrogen-bond acceptors (Lipinski definition) is 5. The third kappa shape index (κ3) is 4.08. The van der Waals surface area contributed by atoms with Gasteiger partial charge in [0.1, 0.15) is 12.4 Å². The molecule has 1 N–H and O–H groups in total. The number of H-pyrrole nitrogens is 1. The molecule has 0 aromatic carbocycles. The van der Waals surface area contributed by atoms with Crippen LogP contribution in [0.15, 0.2) is 29.6 Å². The molecular weight excluding hydrogens is 310 g/mol. The summed E-state index contributed by atoms with van der Waals surface area (Å²) in [6, 6.07) is 1.49. The van der Waals surface area contributed by atoms with Crippen LogP contribution in [0.4, 0.5) is 0 Å². The molecule has 1 aliphatic rings. The normalized spacial score (nSPS) is 17.9. The van der Waals surface area contributed by atoms with Crippen LogP contribution in [-0.4, -0.2) is 56.1 Å². The lowest BCUT2D eigenvalue weighted by atomic mass is 10.1. The first-order chi connectivity index (χ1) is 11.6. The minimum absolute atomic E-state index is 0.0346. The first-order valence-corrected chi connectivity index (χ1v) is 8.02. The van der Waals surface area contributed by atoms with Gasteiger partial charge in [0.05, 0.1) is 19.0 Å². The summed E-state index contributed by atoms with van der Waals surface area (Å²) in [4.78, 5) is 36.3. The highest BCUT2D eigenvalue weighted by atomic mass is 16.5. The van der Waals surface area contributed by atoms with Crippen molar-refractivity contribution in [2.75, 3.05) is 19.7 Å². The Morgan fingerprint density at radius 3 is 3.08 bits per heavy atom. The summed E-state index contributed by atoms with van der Waals surface area (Å²) in [7, 11) is 0. The number of rotatable bonds is 5. The van der Waals surface area contributed by atoms with Gasteiger partial charge in [-0.05, 0) is 19.8 Å². The van der Waals surface area contributed by atoms with Crippen molar-refractivity contribution in [2.24, 2.45) is 0 Å². The van der Waals surface area contributed by atoms with E-state index in [-0.39, 0.29) is 17.6 Å². The second-order valence-corrected chi connectivity index (χ2v) is 5.88. The zero-order chi connectivity index (χ0) is 16.9. The first-order valence-electron chi connectivity index (χ1n) is 8.02. The van der Waals surface area contributed by atoms with E-state index in [1.165, 1.54) is 12.4 Å². The Kier molecular flexibility index (Phi) is 5.05. The number of aromatic nitrogens is 4. The molecule has 1 fully saturated rings. The number of amides is 1. The van der Waals surface area contributed by atoms with Gasteiger partial charge in [0.2, 0.25) is 5.91 Å². The molecule has 1 unspecified atom stereocenters. The number of carbonyl (C=O) groups is 1. The number of ether oxygens (including phenoxy) is 1. The molecule has 0 spiro atoms. The van der Waals surface area contributed by atoms with Crippen LogP contribution in [0, 0.1) is 6.92 Å². The van der Waals surface area contributed by atoms with E-state index in [1.54, 1.807) is 6.20 Å². The Hall–Kier alpha value is -2.48. The highest BCUT2D eigenvalue weighted by molar-refractivity contribution is 5.76. The van der Waals surface area contributed by atoms with Crippen molar-refractivity contribution in [3.05, 3.63) is 46.7 Å². The molecule has 3 rings (SSSR count). The third-order valence-electron chi connectivity index (χ3n) is 4.18. The molecule has 3 heterocycles. The maximum atomic E-state index is 12.4. The quantitative estimate of drug-likeness (QED) is 0.841. The molecule has 1 amide bonds. The van der Waals surface area contributed by atoms with E-state index in [1.807, 2.05) is 22.6 Å². The lowest BCUT2D eigenvalue weighted by Crippen LogP contribution is -2.46. The molecule has 1 atom stereocenters. The van der Waals surface area contributed by atoms with Crippen LogP contribution in [0.25, 0.3) is 0 Å². The second-order valence-electron chi connectivity index (χ2n) is 5.88. The van der Waals surface area contributed by atoms with Gasteiger partial charge in [-0.1, -0.05) is 0 Å². The smallest absolute Gasteiger partial charge is 0.250 e. The third-order valence-corrected chi connectivity index (χ3v) is 4.18. The number of carbonyl (C=O) groups excluding carboxylic acids is 1. The number of imidazole rings is 1. The van der Waals surface area contributed by atoms with E-state index < -0.39 is 0 Å². The Balaban J connectivity index is 1.53. The molecule has 2 aromatic heterocycles. The predicted octanol–water partition coefficient (Wildman–Crippen LogP) is 0.135. The molecule has 0 aliphatic carbocycles. The van der Waals surface area contributed by atoms with Gasteiger partial charge in [0, 0.05) is 37.2 Å². The van der Waals surface area contributed by atoms with Crippen LogP contribution in [0.2, 0.25) is 0 Å². The molecule has 8 heteroatoms. The number of aryl methyl sites for hydroxylation is 2. The largest absolute Gasteiger partial charge is 0.375 e. The molecule has 0 radical (unpaired) electrons. The number of hydrogen-bond donors (Lipinski definition) is 1. The van der Waals surface area contributed by atoms with Crippen LogP contribution in [-0.2, 0) is 22.5 Å². The Bertz CT molecular complexity index is 754. The Morgan fingerprint density at radius 2 is 2.33 bits per heavy atom. The molecular formula is C16H21N5O3. The summed E-state index contributed by atoms with van der Waals surface area (Å²) in [5, 5.41) is 0. The van der Waals surface area contributed by atoms with Gasteiger partial charge in [-0.3, -0.25) is 9.59 Å². The minimum Gasteiger partial charge on any atom is -0.375 e. The summed E-state index contributed by atoms with van der Waals surface area (Å²) in [5.74, 6) is 0.896. The number of nitrogens with zero attached hydrogens (tertiary/aromatic N) is 4. The van der Waals surface area contributed by atoms with Crippen LogP contribution < -0.4 is 5.56 Å². The number of morpholine rings is 1. The van der Waals surface area contributed by atoms with E-state index in [2.05, 4.69) is 15.0 Å². The first kappa shape index (κ1) is 16.4. The maximum absolute atomic E-state index is 12.4. The SMILES string of the molecule is Cc1nccn1CC(=O)N1CCOC(CCc2cc(=O)[nH]cn2)C1. The van der Waals surface area contributed by atoms with Crippen LogP contribution in [0.1, 0.15) is 17.9 Å². The van der Waals surface area contributed by atoms with Gasteiger partial charge in [-0.2, -0.15) is 0 Å². The highest BCUT2D eigenvalue weighted by Gasteiger charge is 2.24. The van der Waals surface area contributed by atoms with E-state index in [4.69, 9.17) is 4.74 Å². The summed E-state index contributed by atoms with van der Waals surface area (Å²) >= 11 is 0. The molecule has 128 valence electrons. The molecule has 0 saturated carbocycles. The minimum atomic E-state index is -0.155. The Morgan fingerprint density at radius 1 is 1.46 bits per heavy atom. The number of nitrogens with one attached hydrogen (secondary N) is 1. The zero-order valence-corrected chi connectivity index (χ0v) is 13.6. The molecule has 8 nitrogen and oxygen atoms in total. The molecule has 2 aromatic rings.